The van der Waals surface area contributed by atoms with Gasteiger partial charge in [0, 0.05) is 22.9 Å². The number of amides is 1. The van der Waals surface area contributed by atoms with Crippen LogP contribution in [-0.2, 0) is 4.79 Å². The molecule has 0 spiro atoms. The van der Waals surface area contributed by atoms with Crippen molar-refractivity contribution in [1.29, 1.82) is 0 Å². The molecule has 0 unspecified atom stereocenters. The molecule has 0 heterocycles. The molecule has 0 aromatic heterocycles. The SMILES string of the molecule is CCOc1cccc2c1C(=O)c1c(OCC)cc(NC(=O)CCl)cc1C2=O. The minimum absolute atomic E-state index is 0.172. The minimum Gasteiger partial charge on any atom is -0.493 e. The predicted octanol–water partition coefficient (Wildman–Crippen LogP) is 3.44. The van der Waals surface area contributed by atoms with Crippen LogP contribution in [0.5, 0.6) is 11.5 Å². The van der Waals surface area contributed by atoms with Crippen molar-refractivity contribution in [1.82, 2.24) is 0 Å². The van der Waals surface area contributed by atoms with Crippen molar-refractivity contribution >= 4 is 34.8 Å². The second-order valence-corrected chi connectivity index (χ2v) is 6.05. The third-order valence-electron chi connectivity index (χ3n) is 4.08. The number of ketones is 2. The molecular formula is C20H18ClNO5. The topological polar surface area (TPSA) is 81.7 Å². The number of fused-ring (bicyclic) bond motifs is 2. The van der Waals surface area contributed by atoms with E-state index in [1.54, 1.807) is 32.0 Å². The van der Waals surface area contributed by atoms with Crippen LogP contribution in [0.15, 0.2) is 30.3 Å². The largest absolute Gasteiger partial charge is 0.493 e. The predicted molar refractivity (Wildman–Crippen MR) is 101 cm³/mol. The molecule has 1 aliphatic carbocycles. The van der Waals surface area contributed by atoms with Crippen LogP contribution in [0.2, 0.25) is 0 Å². The number of alkyl halides is 1. The van der Waals surface area contributed by atoms with Gasteiger partial charge in [-0.2, -0.15) is 0 Å². The molecule has 3 rings (SSSR count). The molecule has 6 nitrogen and oxygen atoms in total. The second-order valence-electron chi connectivity index (χ2n) is 5.78. The highest BCUT2D eigenvalue weighted by Crippen LogP contribution is 2.39. The molecule has 0 radical (unpaired) electrons. The van der Waals surface area contributed by atoms with Crippen molar-refractivity contribution in [3.63, 3.8) is 0 Å². The molecule has 0 fully saturated rings. The molecule has 2 aromatic rings. The Balaban J connectivity index is 2.20. The van der Waals surface area contributed by atoms with Gasteiger partial charge in [0.1, 0.15) is 17.4 Å². The van der Waals surface area contributed by atoms with Crippen LogP contribution in [-0.4, -0.2) is 36.6 Å². The average Bonchev–Trinajstić information content (AvgIpc) is 2.66. The number of nitrogens with one attached hydrogen (secondary N) is 1. The van der Waals surface area contributed by atoms with E-state index in [2.05, 4.69) is 5.32 Å². The van der Waals surface area contributed by atoms with Gasteiger partial charge in [0.15, 0.2) is 5.78 Å². The number of ether oxygens (including phenoxy) is 2. The van der Waals surface area contributed by atoms with Gasteiger partial charge in [0.25, 0.3) is 0 Å². The van der Waals surface area contributed by atoms with Crippen LogP contribution in [0.3, 0.4) is 0 Å². The molecule has 7 heteroatoms. The van der Waals surface area contributed by atoms with E-state index in [1.807, 2.05) is 0 Å². The number of hydrogen-bond donors (Lipinski definition) is 1. The summed E-state index contributed by atoms with van der Waals surface area (Å²) in [7, 11) is 0. The third-order valence-corrected chi connectivity index (χ3v) is 4.32. The van der Waals surface area contributed by atoms with Gasteiger partial charge in [0.05, 0.1) is 24.3 Å². The van der Waals surface area contributed by atoms with Gasteiger partial charge >= 0.3 is 0 Å². The minimum atomic E-state index is -0.423. The number of benzene rings is 2. The summed E-state index contributed by atoms with van der Waals surface area (Å²) in [5, 5.41) is 2.59. The van der Waals surface area contributed by atoms with Crippen LogP contribution >= 0.6 is 11.6 Å². The van der Waals surface area contributed by atoms with Crippen LogP contribution in [0.1, 0.15) is 45.7 Å². The van der Waals surface area contributed by atoms with E-state index in [9.17, 15) is 14.4 Å². The fraction of sp³-hybridized carbons (Fsp3) is 0.250. The summed E-state index contributed by atoms with van der Waals surface area (Å²) in [5.74, 6) is -0.732. The van der Waals surface area contributed by atoms with E-state index in [4.69, 9.17) is 21.1 Å². The van der Waals surface area contributed by atoms with Gasteiger partial charge in [-0.15, -0.1) is 11.6 Å². The Morgan fingerprint density at radius 3 is 2.30 bits per heavy atom. The fourth-order valence-electron chi connectivity index (χ4n) is 3.07. The van der Waals surface area contributed by atoms with E-state index in [1.165, 1.54) is 12.1 Å². The second kappa shape index (κ2) is 7.80. The van der Waals surface area contributed by atoms with Gasteiger partial charge in [-0.3, -0.25) is 14.4 Å². The Hall–Kier alpha value is -2.86. The summed E-state index contributed by atoms with van der Waals surface area (Å²) in [6, 6.07) is 7.91. The summed E-state index contributed by atoms with van der Waals surface area (Å²) >= 11 is 5.53. The molecule has 0 saturated carbocycles. The first kappa shape index (κ1) is 18.9. The Labute approximate surface area is 161 Å². The summed E-state index contributed by atoms with van der Waals surface area (Å²) in [5.41, 5.74) is 1.19. The molecule has 1 amide bonds. The molecular weight excluding hydrogens is 370 g/mol. The first-order chi connectivity index (χ1) is 13.0. The van der Waals surface area contributed by atoms with E-state index in [0.29, 0.717) is 24.7 Å². The van der Waals surface area contributed by atoms with Crippen LogP contribution in [0.4, 0.5) is 5.69 Å². The standard InChI is InChI=1S/C20H18ClNO5/c1-3-26-14-7-5-6-12-17(14)20(25)18-13(19(12)24)8-11(22-16(23)10-21)9-15(18)27-4-2/h5-9H,3-4,10H2,1-2H3,(H,22,23). The number of anilines is 1. The zero-order valence-electron chi connectivity index (χ0n) is 14.9. The van der Waals surface area contributed by atoms with Gasteiger partial charge in [0.2, 0.25) is 11.7 Å². The number of halogens is 1. The lowest BCUT2D eigenvalue weighted by Crippen LogP contribution is -2.24. The molecule has 140 valence electrons. The van der Waals surface area contributed by atoms with Crippen molar-refractivity contribution in [2.75, 3.05) is 24.4 Å². The number of rotatable bonds is 6. The van der Waals surface area contributed by atoms with Crippen LogP contribution in [0, 0.1) is 0 Å². The first-order valence-electron chi connectivity index (χ1n) is 8.53. The van der Waals surface area contributed by atoms with Gasteiger partial charge in [-0.25, -0.2) is 0 Å². The summed E-state index contributed by atoms with van der Waals surface area (Å²) in [6.07, 6.45) is 0. The third kappa shape index (κ3) is 3.40. The van der Waals surface area contributed by atoms with Crippen molar-refractivity contribution in [2.24, 2.45) is 0 Å². The number of carbonyl (C=O) groups is 3. The maximum absolute atomic E-state index is 13.2. The van der Waals surface area contributed by atoms with E-state index < -0.39 is 5.91 Å². The van der Waals surface area contributed by atoms with E-state index in [0.717, 1.165) is 0 Å². The van der Waals surface area contributed by atoms with Crippen molar-refractivity contribution < 1.29 is 23.9 Å². The van der Waals surface area contributed by atoms with Crippen molar-refractivity contribution in [2.45, 2.75) is 13.8 Å². The molecule has 27 heavy (non-hydrogen) atoms. The Kier molecular flexibility index (Phi) is 5.46. The number of hydrogen-bond acceptors (Lipinski definition) is 5. The first-order valence-corrected chi connectivity index (χ1v) is 9.07. The van der Waals surface area contributed by atoms with E-state index in [-0.39, 0.29) is 45.4 Å². The zero-order chi connectivity index (χ0) is 19.6. The number of carbonyl (C=O) groups excluding carboxylic acids is 3. The maximum Gasteiger partial charge on any atom is 0.239 e. The Morgan fingerprint density at radius 2 is 1.63 bits per heavy atom. The molecule has 1 aliphatic rings. The molecule has 0 atom stereocenters. The normalized spacial score (nSPS) is 12.3. The van der Waals surface area contributed by atoms with Crippen LogP contribution in [0.25, 0.3) is 0 Å². The van der Waals surface area contributed by atoms with Gasteiger partial charge in [-0.1, -0.05) is 12.1 Å². The maximum atomic E-state index is 13.2. The van der Waals surface area contributed by atoms with E-state index >= 15 is 0 Å². The lowest BCUT2D eigenvalue weighted by molar-refractivity contribution is -0.113. The molecule has 2 aromatic carbocycles. The molecule has 0 aliphatic heterocycles. The monoisotopic (exact) mass is 387 g/mol. The quantitative estimate of drug-likeness (QED) is 0.655. The highest BCUT2D eigenvalue weighted by Gasteiger charge is 2.35. The fourth-order valence-corrected chi connectivity index (χ4v) is 3.13. The lowest BCUT2D eigenvalue weighted by atomic mass is 9.82. The van der Waals surface area contributed by atoms with Gasteiger partial charge < -0.3 is 14.8 Å². The molecule has 1 N–H and O–H groups in total. The Bertz CT molecular complexity index is 938. The van der Waals surface area contributed by atoms with Crippen molar-refractivity contribution in [3.05, 3.63) is 52.6 Å². The summed E-state index contributed by atoms with van der Waals surface area (Å²) < 4.78 is 11.1. The highest BCUT2D eigenvalue weighted by atomic mass is 35.5. The van der Waals surface area contributed by atoms with Gasteiger partial charge in [-0.05, 0) is 26.0 Å². The van der Waals surface area contributed by atoms with Crippen molar-refractivity contribution in [3.8, 4) is 11.5 Å². The summed E-state index contributed by atoms with van der Waals surface area (Å²) in [6.45, 7) is 4.23. The Morgan fingerprint density at radius 1 is 0.963 bits per heavy atom. The summed E-state index contributed by atoms with van der Waals surface area (Å²) in [4.78, 5) is 37.9. The zero-order valence-corrected chi connectivity index (χ0v) is 15.7. The smallest absolute Gasteiger partial charge is 0.239 e. The molecule has 0 bridgehead atoms. The lowest BCUT2D eigenvalue weighted by Gasteiger charge is -2.23. The average molecular weight is 388 g/mol. The highest BCUT2D eigenvalue weighted by molar-refractivity contribution is 6.31. The molecule has 0 saturated heterocycles. The van der Waals surface area contributed by atoms with Crippen LogP contribution < -0.4 is 14.8 Å².